The van der Waals surface area contributed by atoms with Crippen LogP contribution < -0.4 is 0 Å². The maximum absolute atomic E-state index is 2.67. The van der Waals surface area contributed by atoms with E-state index in [0.717, 1.165) is 17.1 Å². The van der Waals surface area contributed by atoms with Crippen LogP contribution in [0.1, 0.15) is 70.6 Å². The Hall–Kier alpha value is -1.73. The topological polar surface area (TPSA) is 0 Å². The molecule has 3 aliphatic rings. The Labute approximate surface area is 189 Å². The van der Waals surface area contributed by atoms with Crippen molar-refractivity contribution in [3.05, 3.63) is 81.9 Å². The quantitative estimate of drug-likeness (QED) is 0.388. The van der Waals surface area contributed by atoms with Crippen LogP contribution in [-0.4, -0.2) is 12.5 Å². The number of rotatable bonds is 2. The average molecular weight is 429 g/mol. The molecule has 3 aliphatic carbocycles. The predicted octanol–water partition coefficient (Wildman–Crippen LogP) is 7.95. The molecule has 0 fully saturated rings. The lowest BCUT2D eigenvalue weighted by Gasteiger charge is -2.48. The van der Waals surface area contributed by atoms with Crippen LogP contribution in [0.3, 0.4) is 0 Å². The fourth-order valence-corrected chi connectivity index (χ4v) is 12.4. The van der Waals surface area contributed by atoms with Crippen LogP contribution in [0.5, 0.6) is 0 Å². The SMILES string of the molecule is CC1Cc2c(ccc3c2CCCC3)C1S(C)(C)C1c2ccc3ccccc3c2CC1C. The summed E-state index contributed by atoms with van der Waals surface area (Å²) < 4.78 is 0. The van der Waals surface area contributed by atoms with Crippen LogP contribution in [0, 0.1) is 11.8 Å². The van der Waals surface area contributed by atoms with Gasteiger partial charge in [-0.25, -0.2) is 10.0 Å². The molecule has 0 saturated heterocycles. The monoisotopic (exact) mass is 428 g/mol. The van der Waals surface area contributed by atoms with Crippen molar-refractivity contribution in [2.75, 3.05) is 12.5 Å². The second-order valence-corrected chi connectivity index (χ2v) is 15.0. The van der Waals surface area contributed by atoms with Gasteiger partial charge in [0.05, 0.1) is 0 Å². The summed E-state index contributed by atoms with van der Waals surface area (Å²) in [5.41, 5.74) is 10.2. The van der Waals surface area contributed by atoms with Crippen LogP contribution in [0.4, 0.5) is 0 Å². The average Bonchev–Trinajstić information content (AvgIpc) is 3.30. The first-order chi connectivity index (χ1) is 15.0. The molecule has 0 N–H and O–H groups in total. The van der Waals surface area contributed by atoms with Gasteiger partial charge in [0.15, 0.2) is 0 Å². The number of fused-ring (bicyclic) bond motifs is 6. The van der Waals surface area contributed by atoms with E-state index in [1.54, 1.807) is 33.4 Å². The summed E-state index contributed by atoms with van der Waals surface area (Å²) in [5.74, 6) is 1.50. The highest BCUT2D eigenvalue weighted by Crippen LogP contribution is 2.73. The Morgan fingerprint density at radius 2 is 1.32 bits per heavy atom. The van der Waals surface area contributed by atoms with Gasteiger partial charge in [0.2, 0.25) is 0 Å². The molecule has 0 aromatic heterocycles. The van der Waals surface area contributed by atoms with Crippen molar-refractivity contribution in [2.45, 2.75) is 62.9 Å². The zero-order chi connectivity index (χ0) is 21.3. The van der Waals surface area contributed by atoms with E-state index in [4.69, 9.17) is 0 Å². The Bertz CT molecular complexity index is 1170. The van der Waals surface area contributed by atoms with Gasteiger partial charge in [-0.3, -0.25) is 0 Å². The summed E-state index contributed by atoms with van der Waals surface area (Å²) in [7, 11) is -0.859. The summed E-state index contributed by atoms with van der Waals surface area (Å²) >= 11 is 0. The fraction of sp³-hybridized carbons (Fsp3) is 0.467. The van der Waals surface area contributed by atoms with Crippen molar-refractivity contribution in [2.24, 2.45) is 11.8 Å². The van der Waals surface area contributed by atoms with E-state index in [2.05, 4.69) is 74.9 Å². The first-order valence-corrected chi connectivity index (χ1v) is 14.9. The normalized spacial score (nSPS) is 27.7. The van der Waals surface area contributed by atoms with Gasteiger partial charge >= 0.3 is 0 Å². The lowest BCUT2D eigenvalue weighted by Crippen LogP contribution is -2.21. The van der Waals surface area contributed by atoms with Gasteiger partial charge < -0.3 is 0 Å². The third-order valence-electron chi connectivity index (χ3n) is 8.77. The van der Waals surface area contributed by atoms with E-state index in [9.17, 15) is 0 Å². The second kappa shape index (κ2) is 7.14. The molecule has 0 radical (unpaired) electrons. The molecule has 162 valence electrons. The molecule has 0 aliphatic heterocycles. The molecule has 4 unspecified atom stereocenters. The third-order valence-corrected chi connectivity index (χ3v) is 12.8. The van der Waals surface area contributed by atoms with Crippen molar-refractivity contribution < 1.29 is 0 Å². The van der Waals surface area contributed by atoms with Crippen LogP contribution in [0.2, 0.25) is 0 Å². The lowest BCUT2D eigenvalue weighted by atomic mass is 9.86. The minimum Gasteiger partial charge on any atom is -0.233 e. The molecule has 4 atom stereocenters. The third kappa shape index (κ3) is 2.88. The lowest BCUT2D eigenvalue weighted by molar-refractivity contribution is 0.578. The number of hydrogen-bond acceptors (Lipinski definition) is 0. The summed E-state index contributed by atoms with van der Waals surface area (Å²) in [6.07, 6.45) is 13.3. The molecular formula is C30H36S. The standard InChI is InChI=1S/C30H36S/c1-19-17-27-23-11-7-5-9-21(23)13-15-25(27)29(19)31(3,4)30-20(2)18-28-24-12-8-6-10-22(24)14-16-26(28)30/h5,7,9,11,13-16,19-20,29-30H,6,8,10,12,17-18H2,1-4H3. The summed E-state index contributed by atoms with van der Waals surface area (Å²) in [6.45, 7) is 5.08. The largest absolute Gasteiger partial charge is 0.233 e. The van der Waals surface area contributed by atoms with Gasteiger partial charge in [-0.15, -0.1) is 0 Å². The summed E-state index contributed by atoms with van der Waals surface area (Å²) in [6, 6.07) is 19.0. The van der Waals surface area contributed by atoms with Crippen molar-refractivity contribution in [1.82, 2.24) is 0 Å². The van der Waals surface area contributed by atoms with Crippen molar-refractivity contribution in [3.8, 4) is 0 Å². The van der Waals surface area contributed by atoms with E-state index in [-0.39, 0.29) is 0 Å². The van der Waals surface area contributed by atoms with Crippen molar-refractivity contribution >= 4 is 20.8 Å². The zero-order valence-electron chi connectivity index (χ0n) is 19.6. The fourth-order valence-electron chi connectivity index (χ4n) is 7.76. The predicted molar refractivity (Wildman–Crippen MR) is 138 cm³/mol. The molecule has 0 spiro atoms. The second-order valence-electron chi connectivity index (χ2n) is 11.0. The van der Waals surface area contributed by atoms with E-state index >= 15 is 0 Å². The first-order valence-electron chi connectivity index (χ1n) is 12.3. The molecule has 3 aromatic carbocycles. The number of benzene rings is 3. The maximum Gasteiger partial charge on any atom is 0.0172 e. The first kappa shape index (κ1) is 19.9. The van der Waals surface area contributed by atoms with Gasteiger partial charge in [-0.05, 0) is 107 Å². The van der Waals surface area contributed by atoms with Crippen molar-refractivity contribution in [1.29, 1.82) is 0 Å². The zero-order valence-corrected chi connectivity index (χ0v) is 20.4. The molecule has 0 amide bonds. The molecule has 0 heterocycles. The summed E-state index contributed by atoms with van der Waals surface area (Å²) in [4.78, 5) is 0. The Morgan fingerprint density at radius 1 is 0.677 bits per heavy atom. The highest BCUT2D eigenvalue weighted by molar-refractivity contribution is 8.33. The van der Waals surface area contributed by atoms with Gasteiger partial charge in [0.1, 0.15) is 0 Å². The highest BCUT2D eigenvalue weighted by Gasteiger charge is 2.47. The van der Waals surface area contributed by atoms with Gasteiger partial charge in [0.25, 0.3) is 0 Å². The van der Waals surface area contributed by atoms with E-state index < -0.39 is 10.0 Å². The molecule has 3 aromatic rings. The van der Waals surface area contributed by atoms with E-state index in [1.807, 2.05) is 0 Å². The van der Waals surface area contributed by atoms with Gasteiger partial charge in [-0.1, -0.05) is 62.4 Å². The highest BCUT2D eigenvalue weighted by atomic mass is 32.3. The van der Waals surface area contributed by atoms with Crippen LogP contribution in [0.25, 0.3) is 10.8 Å². The van der Waals surface area contributed by atoms with Crippen LogP contribution in [-0.2, 0) is 25.7 Å². The van der Waals surface area contributed by atoms with E-state index in [0.29, 0.717) is 5.25 Å². The summed E-state index contributed by atoms with van der Waals surface area (Å²) in [5, 5.41) is 4.35. The molecule has 0 saturated carbocycles. The number of aryl methyl sites for hydroxylation is 1. The maximum atomic E-state index is 2.67. The van der Waals surface area contributed by atoms with Gasteiger partial charge in [-0.2, -0.15) is 0 Å². The smallest absolute Gasteiger partial charge is 0.0172 e. The molecule has 31 heavy (non-hydrogen) atoms. The molecule has 0 bridgehead atoms. The van der Waals surface area contributed by atoms with Crippen LogP contribution >= 0.6 is 10.0 Å². The molecule has 0 nitrogen and oxygen atoms in total. The van der Waals surface area contributed by atoms with Crippen LogP contribution in [0.15, 0.2) is 48.5 Å². The minimum atomic E-state index is -0.859. The Balaban J connectivity index is 1.46. The van der Waals surface area contributed by atoms with Gasteiger partial charge in [0, 0.05) is 10.5 Å². The van der Waals surface area contributed by atoms with E-state index in [1.165, 1.54) is 49.3 Å². The van der Waals surface area contributed by atoms with Crippen molar-refractivity contribution in [3.63, 3.8) is 0 Å². The Morgan fingerprint density at radius 3 is 2.13 bits per heavy atom. The minimum absolute atomic E-state index is 0.710. The molecule has 6 rings (SSSR count). The number of hydrogen-bond donors (Lipinski definition) is 0. The Kier molecular flexibility index (Phi) is 4.59. The molecule has 1 heteroatoms. The molecular weight excluding hydrogens is 392 g/mol.